The summed E-state index contributed by atoms with van der Waals surface area (Å²) < 4.78 is 5.41. The van der Waals surface area contributed by atoms with Crippen LogP contribution in [0.4, 0.5) is 10.7 Å². The zero-order chi connectivity index (χ0) is 21.1. The zero-order valence-corrected chi connectivity index (χ0v) is 17.9. The van der Waals surface area contributed by atoms with Crippen molar-refractivity contribution in [2.45, 2.75) is 53.1 Å². The Kier molecular flexibility index (Phi) is 6.37. The molecule has 1 aromatic heterocycles. The smallest absolute Gasteiger partial charge is 0.342 e. The van der Waals surface area contributed by atoms with E-state index in [1.54, 1.807) is 0 Å². The molecule has 3 rings (SSSR count). The number of aryl methyl sites for hydroxylation is 2. The van der Waals surface area contributed by atoms with Gasteiger partial charge in [0.1, 0.15) is 5.00 Å². The van der Waals surface area contributed by atoms with Crippen LogP contribution in [0.5, 0.6) is 0 Å². The van der Waals surface area contributed by atoms with Crippen LogP contribution in [0.25, 0.3) is 0 Å². The van der Waals surface area contributed by atoms with Crippen LogP contribution in [0.3, 0.4) is 0 Å². The highest BCUT2D eigenvalue weighted by atomic mass is 32.1. The summed E-state index contributed by atoms with van der Waals surface area (Å²) in [5.41, 5.74) is 2.91. The van der Waals surface area contributed by atoms with Crippen molar-refractivity contribution in [3.05, 3.63) is 45.8 Å². The van der Waals surface area contributed by atoms with Crippen molar-refractivity contribution in [1.82, 2.24) is 0 Å². The average molecular weight is 415 g/mol. The molecule has 29 heavy (non-hydrogen) atoms. The molecule has 1 heterocycles. The molecule has 1 atom stereocenters. The summed E-state index contributed by atoms with van der Waals surface area (Å²) in [5, 5.41) is 6.09. The fraction of sp³-hybridized carbons (Fsp3) is 0.409. The van der Waals surface area contributed by atoms with Gasteiger partial charge in [-0.3, -0.25) is 9.59 Å². The predicted molar refractivity (Wildman–Crippen MR) is 114 cm³/mol. The van der Waals surface area contributed by atoms with Crippen LogP contribution in [0.15, 0.2) is 24.3 Å². The van der Waals surface area contributed by atoms with E-state index in [2.05, 4.69) is 17.6 Å². The monoisotopic (exact) mass is 414 g/mol. The van der Waals surface area contributed by atoms with Gasteiger partial charge in [0.2, 0.25) is 5.91 Å². The second-order valence-electron chi connectivity index (χ2n) is 7.34. The molecule has 1 saturated carbocycles. The first-order chi connectivity index (χ1) is 13.8. The summed E-state index contributed by atoms with van der Waals surface area (Å²) in [7, 11) is 0. The molecule has 1 fully saturated rings. The van der Waals surface area contributed by atoms with Gasteiger partial charge in [0.15, 0.2) is 6.10 Å². The SMILES string of the molecule is CCc1ccc(NC(=O)[C@@H](C)OC(=O)c2c(NC(=O)C3CC3)sc(C)c2C)cc1. The Bertz CT molecular complexity index is 929. The Morgan fingerprint density at radius 2 is 1.79 bits per heavy atom. The fourth-order valence-corrected chi connectivity index (χ4v) is 3.91. The van der Waals surface area contributed by atoms with Crippen LogP contribution in [0, 0.1) is 19.8 Å². The standard InChI is InChI=1S/C22H26N2O4S/c1-5-15-6-10-17(11-7-15)23-19(25)13(3)28-22(27)18-12(2)14(4)29-21(18)24-20(26)16-8-9-16/h6-7,10-11,13,16H,5,8-9H2,1-4H3,(H,23,25)(H,24,26)/t13-/m1/s1. The number of amides is 2. The van der Waals surface area contributed by atoms with Gasteiger partial charge in [-0.05, 0) is 63.3 Å². The summed E-state index contributed by atoms with van der Waals surface area (Å²) in [6.45, 7) is 7.30. The van der Waals surface area contributed by atoms with E-state index >= 15 is 0 Å². The number of carbonyl (C=O) groups excluding carboxylic acids is 3. The second-order valence-corrected chi connectivity index (χ2v) is 8.56. The number of thiophene rings is 1. The van der Waals surface area contributed by atoms with Crippen LogP contribution in [0.1, 0.15) is 53.1 Å². The molecule has 0 aliphatic heterocycles. The number of hydrogen-bond donors (Lipinski definition) is 2. The number of rotatable bonds is 7. The van der Waals surface area contributed by atoms with E-state index in [4.69, 9.17) is 4.74 Å². The van der Waals surface area contributed by atoms with Crippen molar-refractivity contribution in [2.75, 3.05) is 10.6 Å². The van der Waals surface area contributed by atoms with Crippen molar-refractivity contribution in [3.8, 4) is 0 Å². The van der Waals surface area contributed by atoms with Gasteiger partial charge in [0.25, 0.3) is 5.91 Å². The van der Waals surface area contributed by atoms with Crippen molar-refractivity contribution in [3.63, 3.8) is 0 Å². The third-order valence-corrected chi connectivity index (χ3v) is 6.18. The minimum Gasteiger partial charge on any atom is -0.449 e. The van der Waals surface area contributed by atoms with Crippen LogP contribution >= 0.6 is 11.3 Å². The molecule has 7 heteroatoms. The molecule has 2 amide bonds. The topological polar surface area (TPSA) is 84.5 Å². The maximum absolute atomic E-state index is 12.8. The molecule has 6 nitrogen and oxygen atoms in total. The van der Waals surface area contributed by atoms with E-state index in [9.17, 15) is 14.4 Å². The highest BCUT2D eigenvalue weighted by Gasteiger charge is 2.32. The summed E-state index contributed by atoms with van der Waals surface area (Å²) in [4.78, 5) is 38.3. The van der Waals surface area contributed by atoms with Gasteiger partial charge in [-0.25, -0.2) is 4.79 Å². The number of hydrogen-bond acceptors (Lipinski definition) is 5. The van der Waals surface area contributed by atoms with Gasteiger partial charge in [0.05, 0.1) is 5.56 Å². The number of esters is 1. The highest BCUT2D eigenvalue weighted by molar-refractivity contribution is 7.16. The van der Waals surface area contributed by atoms with Gasteiger partial charge in [-0.2, -0.15) is 0 Å². The second kappa shape index (κ2) is 8.78. The van der Waals surface area contributed by atoms with Gasteiger partial charge < -0.3 is 15.4 Å². The van der Waals surface area contributed by atoms with E-state index in [0.717, 1.165) is 29.7 Å². The highest BCUT2D eigenvalue weighted by Crippen LogP contribution is 2.36. The van der Waals surface area contributed by atoms with E-state index in [0.29, 0.717) is 16.3 Å². The maximum atomic E-state index is 12.8. The number of benzene rings is 1. The molecule has 0 saturated heterocycles. The number of carbonyl (C=O) groups is 3. The van der Waals surface area contributed by atoms with Crippen molar-refractivity contribution < 1.29 is 19.1 Å². The number of nitrogens with one attached hydrogen (secondary N) is 2. The summed E-state index contributed by atoms with van der Waals surface area (Å²) in [6, 6.07) is 7.53. The van der Waals surface area contributed by atoms with Crippen molar-refractivity contribution in [1.29, 1.82) is 0 Å². The lowest BCUT2D eigenvalue weighted by Gasteiger charge is -2.15. The molecule has 2 N–H and O–H groups in total. The van der Waals surface area contributed by atoms with E-state index in [1.165, 1.54) is 23.8 Å². The van der Waals surface area contributed by atoms with Gasteiger partial charge in [-0.15, -0.1) is 11.3 Å². The van der Waals surface area contributed by atoms with Crippen LogP contribution in [-0.2, 0) is 20.7 Å². The van der Waals surface area contributed by atoms with E-state index < -0.39 is 18.0 Å². The fourth-order valence-electron chi connectivity index (χ4n) is 2.86. The van der Waals surface area contributed by atoms with E-state index in [1.807, 2.05) is 38.1 Å². The zero-order valence-electron chi connectivity index (χ0n) is 17.1. The Balaban J connectivity index is 1.66. The van der Waals surface area contributed by atoms with Crippen LogP contribution in [-0.4, -0.2) is 23.9 Å². The minimum absolute atomic E-state index is 0.0328. The third-order valence-electron chi connectivity index (χ3n) is 5.06. The molecule has 1 aliphatic carbocycles. The Morgan fingerprint density at radius 1 is 1.14 bits per heavy atom. The molecular formula is C22H26N2O4S. The quantitative estimate of drug-likeness (QED) is 0.655. The molecule has 1 aliphatic rings. The summed E-state index contributed by atoms with van der Waals surface area (Å²) in [5.74, 6) is -1.05. The first-order valence-electron chi connectivity index (χ1n) is 9.81. The van der Waals surface area contributed by atoms with Crippen molar-refractivity contribution in [2.24, 2.45) is 5.92 Å². The van der Waals surface area contributed by atoms with E-state index in [-0.39, 0.29) is 11.8 Å². The lowest BCUT2D eigenvalue weighted by Crippen LogP contribution is -2.30. The summed E-state index contributed by atoms with van der Waals surface area (Å²) >= 11 is 1.35. The maximum Gasteiger partial charge on any atom is 0.342 e. The summed E-state index contributed by atoms with van der Waals surface area (Å²) in [6.07, 6.45) is 1.71. The molecule has 0 unspecified atom stereocenters. The average Bonchev–Trinajstić information content (AvgIpc) is 3.49. The first-order valence-corrected chi connectivity index (χ1v) is 10.6. The lowest BCUT2D eigenvalue weighted by molar-refractivity contribution is -0.123. The first kappa shape index (κ1) is 21.0. The van der Waals surface area contributed by atoms with Gasteiger partial charge in [0, 0.05) is 16.5 Å². The number of ether oxygens (including phenoxy) is 1. The minimum atomic E-state index is -0.972. The Hall–Kier alpha value is -2.67. The molecule has 0 bridgehead atoms. The van der Waals surface area contributed by atoms with Crippen molar-refractivity contribution >= 4 is 39.8 Å². The lowest BCUT2D eigenvalue weighted by atomic mass is 10.1. The normalized spacial score (nSPS) is 14.2. The van der Waals surface area contributed by atoms with Gasteiger partial charge >= 0.3 is 5.97 Å². The molecule has 0 spiro atoms. The molecule has 154 valence electrons. The number of anilines is 2. The molecular weight excluding hydrogens is 388 g/mol. The largest absolute Gasteiger partial charge is 0.449 e. The molecule has 1 aromatic carbocycles. The van der Waals surface area contributed by atoms with Crippen LogP contribution in [0.2, 0.25) is 0 Å². The third kappa shape index (κ3) is 5.03. The molecule has 0 radical (unpaired) electrons. The predicted octanol–water partition coefficient (Wildman–Crippen LogP) is 4.46. The van der Waals surface area contributed by atoms with Gasteiger partial charge in [-0.1, -0.05) is 19.1 Å². The molecule has 2 aromatic rings. The Labute approximate surface area is 174 Å². The van der Waals surface area contributed by atoms with Crippen LogP contribution < -0.4 is 10.6 Å². The Morgan fingerprint density at radius 3 is 2.38 bits per heavy atom.